The zero-order valence-electron chi connectivity index (χ0n) is 9.70. The van der Waals surface area contributed by atoms with Crippen molar-refractivity contribution in [1.29, 1.82) is 0 Å². The normalized spacial score (nSPS) is 12.1. The van der Waals surface area contributed by atoms with Crippen LogP contribution in [0.2, 0.25) is 0 Å². The molecule has 0 N–H and O–H groups in total. The SMILES string of the molecule is CC(=O)/C(C)=C/c1c(C)oc2ccccc12. The molecule has 0 unspecified atom stereocenters. The predicted octanol–water partition coefficient (Wildman–Crippen LogP) is 3.73. The van der Waals surface area contributed by atoms with Gasteiger partial charge in [0.05, 0.1) is 0 Å². The van der Waals surface area contributed by atoms with E-state index in [9.17, 15) is 4.79 Å². The number of furan rings is 1. The van der Waals surface area contributed by atoms with E-state index in [1.807, 2.05) is 44.2 Å². The fraction of sp³-hybridized carbons (Fsp3) is 0.214. The molecule has 2 heteroatoms. The van der Waals surface area contributed by atoms with Gasteiger partial charge in [0.2, 0.25) is 0 Å². The summed E-state index contributed by atoms with van der Waals surface area (Å²) >= 11 is 0. The van der Waals surface area contributed by atoms with Gasteiger partial charge in [-0.2, -0.15) is 0 Å². The number of benzene rings is 1. The van der Waals surface area contributed by atoms with Crippen molar-refractivity contribution in [1.82, 2.24) is 0 Å². The molecule has 0 atom stereocenters. The van der Waals surface area contributed by atoms with Crippen molar-refractivity contribution in [3.05, 3.63) is 41.2 Å². The number of rotatable bonds is 2. The maximum Gasteiger partial charge on any atom is 0.155 e. The Morgan fingerprint density at radius 3 is 2.62 bits per heavy atom. The van der Waals surface area contributed by atoms with Gasteiger partial charge < -0.3 is 4.42 Å². The van der Waals surface area contributed by atoms with Crippen LogP contribution in [0.1, 0.15) is 25.2 Å². The van der Waals surface area contributed by atoms with Crippen molar-refractivity contribution >= 4 is 22.8 Å². The largest absolute Gasteiger partial charge is 0.461 e. The summed E-state index contributed by atoms with van der Waals surface area (Å²) in [6.45, 7) is 5.31. The molecule has 1 aromatic carbocycles. The third-order valence-electron chi connectivity index (χ3n) is 2.74. The van der Waals surface area contributed by atoms with Gasteiger partial charge in [0.25, 0.3) is 0 Å². The Morgan fingerprint density at radius 2 is 1.94 bits per heavy atom. The Kier molecular flexibility index (Phi) is 2.65. The predicted molar refractivity (Wildman–Crippen MR) is 65.3 cm³/mol. The van der Waals surface area contributed by atoms with E-state index in [4.69, 9.17) is 4.42 Å². The summed E-state index contributed by atoms with van der Waals surface area (Å²) in [6, 6.07) is 7.85. The highest BCUT2D eigenvalue weighted by atomic mass is 16.3. The number of allylic oxidation sites excluding steroid dienone is 1. The molecule has 0 aliphatic carbocycles. The molecule has 0 radical (unpaired) electrons. The second kappa shape index (κ2) is 3.97. The van der Waals surface area contributed by atoms with E-state index in [1.54, 1.807) is 6.92 Å². The van der Waals surface area contributed by atoms with Gasteiger partial charge in [-0.15, -0.1) is 0 Å². The number of ketones is 1. The molecule has 0 aliphatic rings. The monoisotopic (exact) mass is 214 g/mol. The zero-order valence-corrected chi connectivity index (χ0v) is 9.70. The van der Waals surface area contributed by atoms with Gasteiger partial charge in [0, 0.05) is 10.9 Å². The summed E-state index contributed by atoms with van der Waals surface area (Å²) < 4.78 is 5.62. The van der Waals surface area contributed by atoms with E-state index >= 15 is 0 Å². The third-order valence-corrected chi connectivity index (χ3v) is 2.74. The average Bonchev–Trinajstić information content (AvgIpc) is 2.55. The van der Waals surface area contributed by atoms with Crippen LogP contribution in [0.25, 0.3) is 17.0 Å². The lowest BCUT2D eigenvalue weighted by molar-refractivity contribution is -0.113. The summed E-state index contributed by atoms with van der Waals surface area (Å²) in [5.41, 5.74) is 2.61. The molecular weight excluding hydrogens is 200 g/mol. The number of carbonyl (C=O) groups is 1. The summed E-state index contributed by atoms with van der Waals surface area (Å²) in [5, 5.41) is 1.06. The van der Waals surface area contributed by atoms with Crippen LogP contribution >= 0.6 is 0 Å². The molecule has 1 aromatic heterocycles. The maximum absolute atomic E-state index is 11.2. The highest BCUT2D eigenvalue weighted by Gasteiger charge is 2.08. The smallest absolute Gasteiger partial charge is 0.155 e. The van der Waals surface area contributed by atoms with Crippen LogP contribution in [0.5, 0.6) is 0 Å². The molecule has 0 bridgehead atoms. The van der Waals surface area contributed by atoms with Gasteiger partial charge in [-0.05, 0) is 38.5 Å². The number of hydrogen-bond acceptors (Lipinski definition) is 2. The summed E-state index contributed by atoms with van der Waals surface area (Å²) in [7, 11) is 0. The first-order valence-corrected chi connectivity index (χ1v) is 5.27. The summed E-state index contributed by atoms with van der Waals surface area (Å²) in [5.74, 6) is 0.937. The van der Waals surface area contributed by atoms with Crippen LogP contribution in [0.3, 0.4) is 0 Å². The molecule has 2 nitrogen and oxygen atoms in total. The minimum Gasteiger partial charge on any atom is -0.461 e. The van der Waals surface area contributed by atoms with E-state index in [0.717, 1.165) is 27.9 Å². The number of hydrogen-bond donors (Lipinski definition) is 0. The van der Waals surface area contributed by atoms with Crippen molar-refractivity contribution in [2.45, 2.75) is 20.8 Å². The number of carbonyl (C=O) groups excluding carboxylic acids is 1. The Bertz CT molecular complexity index is 573. The minimum atomic E-state index is 0.0877. The molecule has 2 aromatic rings. The summed E-state index contributed by atoms with van der Waals surface area (Å²) in [6.07, 6.45) is 1.89. The van der Waals surface area contributed by atoms with Gasteiger partial charge in [0.15, 0.2) is 5.78 Å². The van der Waals surface area contributed by atoms with Crippen molar-refractivity contribution in [3.8, 4) is 0 Å². The molecule has 0 fully saturated rings. The molecule has 0 saturated heterocycles. The topological polar surface area (TPSA) is 30.2 Å². The molecule has 82 valence electrons. The van der Waals surface area contributed by atoms with Crippen LogP contribution in [0.15, 0.2) is 34.3 Å². The Hall–Kier alpha value is -1.83. The Morgan fingerprint density at radius 1 is 1.25 bits per heavy atom. The van der Waals surface area contributed by atoms with Gasteiger partial charge in [-0.1, -0.05) is 18.2 Å². The van der Waals surface area contributed by atoms with E-state index in [0.29, 0.717) is 0 Å². The second-order valence-corrected chi connectivity index (χ2v) is 3.95. The quantitative estimate of drug-likeness (QED) is 0.713. The number of aryl methyl sites for hydroxylation is 1. The van der Waals surface area contributed by atoms with Gasteiger partial charge in [-0.3, -0.25) is 4.79 Å². The van der Waals surface area contributed by atoms with Crippen LogP contribution < -0.4 is 0 Å². The maximum atomic E-state index is 11.2. The molecule has 16 heavy (non-hydrogen) atoms. The standard InChI is InChI=1S/C14H14O2/c1-9(10(2)15)8-13-11(3)16-14-7-5-4-6-12(13)14/h4-8H,1-3H3/b9-8+. The van der Waals surface area contributed by atoms with Crippen molar-refractivity contribution < 1.29 is 9.21 Å². The first kappa shape index (κ1) is 10.7. The van der Waals surface area contributed by atoms with Crippen molar-refractivity contribution in [2.75, 3.05) is 0 Å². The molecule has 0 spiro atoms. The number of fused-ring (bicyclic) bond motifs is 1. The lowest BCUT2D eigenvalue weighted by atomic mass is 10.1. The Labute approximate surface area is 94.6 Å². The van der Waals surface area contributed by atoms with Gasteiger partial charge in [-0.25, -0.2) is 0 Å². The lowest BCUT2D eigenvalue weighted by Gasteiger charge is -1.95. The highest BCUT2D eigenvalue weighted by Crippen LogP contribution is 2.27. The molecular formula is C14H14O2. The minimum absolute atomic E-state index is 0.0877. The van der Waals surface area contributed by atoms with Gasteiger partial charge in [0.1, 0.15) is 11.3 Å². The van der Waals surface area contributed by atoms with Crippen LogP contribution in [0, 0.1) is 6.92 Å². The second-order valence-electron chi connectivity index (χ2n) is 3.95. The fourth-order valence-corrected chi connectivity index (χ4v) is 1.69. The first-order valence-electron chi connectivity index (χ1n) is 5.27. The average molecular weight is 214 g/mol. The van der Waals surface area contributed by atoms with Crippen LogP contribution in [-0.4, -0.2) is 5.78 Å². The van der Waals surface area contributed by atoms with E-state index in [-0.39, 0.29) is 5.78 Å². The molecule has 0 aliphatic heterocycles. The molecule has 1 heterocycles. The van der Waals surface area contributed by atoms with E-state index in [2.05, 4.69) is 0 Å². The molecule has 0 amide bonds. The molecule has 0 saturated carbocycles. The summed E-state index contributed by atoms with van der Waals surface area (Å²) in [4.78, 5) is 11.2. The number of Topliss-reactive ketones (excluding diaryl/α,β-unsaturated/α-hetero) is 1. The Balaban J connectivity index is 2.64. The van der Waals surface area contributed by atoms with E-state index < -0.39 is 0 Å². The van der Waals surface area contributed by atoms with Gasteiger partial charge >= 0.3 is 0 Å². The first-order chi connectivity index (χ1) is 7.59. The highest BCUT2D eigenvalue weighted by molar-refractivity contribution is 6.00. The van der Waals surface area contributed by atoms with E-state index in [1.165, 1.54) is 0 Å². The van der Waals surface area contributed by atoms with Crippen molar-refractivity contribution in [3.63, 3.8) is 0 Å². The molecule has 2 rings (SSSR count). The van der Waals surface area contributed by atoms with Crippen molar-refractivity contribution in [2.24, 2.45) is 0 Å². The lowest BCUT2D eigenvalue weighted by Crippen LogP contribution is -1.90. The van der Waals surface area contributed by atoms with Crippen LogP contribution in [-0.2, 0) is 4.79 Å². The fourth-order valence-electron chi connectivity index (χ4n) is 1.69. The number of para-hydroxylation sites is 1. The zero-order chi connectivity index (χ0) is 11.7. The van der Waals surface area contributed by atoms with Crippen LogP contribution in [0.4, 0.5) is 0 Å². The third kappa shape index (κ3) is 1.78.